The largest absolute Gasteiger partial charge is 0.448 e. The maximum atomic E-state index is 14.2. The number of rotatable bonds is 9. The van der Waals surface area contributed by atoms with Crippen LogP contribution in [0, 0.1) is 0 Å². The number of carbonyl (C=O) groups excluding carboxylic acids is 3. The van der Waals surface area contributed by atoms with Crippen LogP contribution in [0.1, 0.15) is 22.8 Å². The summed E-state index contributed by atoms with van der Waals surface area (Å²) in [6, 6.07) is 30.0. The Labute approximate surface area is 280 Å². The van der Waals surface area contributed by atoms with E-state index in [1.807, 2.05) is 30.3 Å². The van der Waals surface area contributed by atoms with E-state index in [1.165, 1.54) is 18.2 Å². The molecule has 0 aliphatic carbocycles. The molecule has 46 heavy (non-hydrogen) atoms. The first-order chi connectivity index (χ1) is 22.1. The number of hydrogen-bond acceptors (Lipinski definition) is 7. The van der Waals surface area contributed by atoms with Crippen LogP contribution >= 0.6 is 35.0 Å². The second kappa shape index (κ2) is 13.3. The first-order valence-electron chi connectivity index (χ1n) is 14.2. The highest BCUT2D eigenvalue weighted by molar-refractivity contribution is 8.02. The van der Waals surface area contributed by atoms with Crippen LogP contribution in [0.5, 0.6) is 0 Å². The van der Waals surface area contributed by atoms with Gasteiger partial charge in [0, 0.05) is 10.8 Å². The normalized spacial score (nSPS) is 17.7. The summed E-state index contributed by atoms with van der Waals surface area (Å²) in [4.78, 5) is 41.2. The first-order valence-corrected chi connectivity index (χ1v) is 17.5. The molecule has 0 saturated carbocycles. The average molecular weight is 694 g/mol. The highest BCUT2D eigenvalue weighted by Crippen LogP contribution is 2.45. The number of nitrogens with one attached hydrogen (secondary N) is 1. The fraction of sp³-hybridized carbons (Fsp3) is 0.147. The minimum Gasteiger partial charge on any atom is -0.448 e. The molecule has 234 valence electrons. The van der Waals surface area contributed by atoms with Gasteiger partial charge >= 0.3 is 5.97 Å². The fourth-order valence-electron chi connectivity index (χ4n) is 5.36. The zero-order chi connectivity index (χ0) is 32.4. The Kier molecular flexibility index (Phi) is 9.24. The molecule has 2 aliphatic heterocycles. The summed E-state index contributed by atoms with van der Waals surface area (Å²) < 4.78 is 34.2. The Morgan fingerprint density at radius 1 is 0.891 bits per heavy atom. The van der Waals surface area contributed by atoms with E-state index >= 15 is 0 Å². The number of β-lactam (4-membered cyclic amide) rings is 1. The Bertz CT molecular complexity index is 1900. The van der Waals surface area contributed by atoms with Crippen LogP contribution in [-0.4, -0.2) is 48.3 Å². The number of benzene rings is 4. The van der Waals surface area contributed by atoms with Crippen molar-refractivity contribution in [3.05, 3.63) is 147 Å². The van der Waals surface area contributed by atoms with E-state index in [1.54, 1.807) is 60.7 Å². The van der Waals surface area contributed by atoms with Gasteiger partial charge in [0.1, 0.15) is 17.1 Å². The minimum atomic E-state index is -4.41. The second-order valence-electron chi connectivity index (χ2n) is 10.6. The van der Waals surface area contributed by atoms with Gasteiger partial charge in [-0.15, -0.1) is 11.8 Å². The fourth-order valence-corrected chi connectivity index (χ4v) is 9.36. The molecule has 1 N–H and O–H groups in total. The number of sulfone groups is 1. The molecule has 6 rings (SSSR count). The minimum absolute atomic E-state index is 0.0528. The molecule has 1 fully saturated rings. The highest BCUT2D eigenvalue weighted by atomic mass is 35.5. The van der Waals surface area contributed by atoms with Gasteiger partial charge in [0.25, 0.3) is 5.91 Å². The van der Waals surface area contributed by atoms with Crippen LogP contribution < -0.4 is 5.32 Å². The molecule has 2 aliphatic rings. The van der Waals surface area contributed by atoms with E-state index in [9.17, 15) is 22.8 Å². The zero-order valence-electron chi connectivity index (χ0n) is 24.0. The van der Waals surface area contributed by atoms with Crippen molar-refractivity contribution >= 4 is 62.6 Å². The molecule has 1 saturated heterocycles. The van der Waals surface area contributed by atoms with Gasteiger partial charge in [0.2, 0.25) is 15.7 Å². The molecular weight excluding hydrogens is 667 g/mol. The van der Waals surface area contributed by atoms with Crippen molar-refractivity contribution in [1.29, 1.82) is 0 Å². The van der Waals surface area contributed by atoms with Crippen molar-refractivity contribution in [2.45, 2.75) is 28.8 Å². The number of ether oxygens (including phenoxy) is 1. The van der Waals surface area contributed by atoms with Crippen molar-refractivity contribution in [1.82, 2.24) is 10.2 Å². The molecule has 0 aromatic heterocycles. The summed E-state index contributed by atoms with van der Waals surface area (Å²) in [7, 11) is -4.41. The summed E-state index contributed by atoms with van der Waals surface area (Å²) >= 11 is 13.5. The number of esters is 1. The molecule has 0 radical (unpaired) electrons. The molecule has 4 aromatic rings. The molecule has 4 aromatic carbocycles. The van der Waals surface area contributed by atoms with Crippen molar-refractivity contribution in [2.24, 2.45) is 0 Å². The van der Waals surface area contributed by atoms with Gasteiger partial charge < -0.3 is 10.1 Å². The van der Waals surface area contributed by atoms with E-state index in [0.29, 0.717) is 11.1 Å². The van der Waals surface area contributed by atoms with Crippen molar-refractivity contribution in [3.63, 3.8) is 0 Å². The van der Waals surface area contributed by atoms with Crippen molar-refractivity contribution < 1.29 is 27.5 Å². The Hall–Kier alpha value is -4.09. The van der Waals surface area contributed by atoms with Crippen LogP contribution in [0.3, 0.4) is 0 Å². The van der Waals surface area contributed by atoms with Crippen LogP contribution in [0.15, 0.2) is 125 Å². The van der Waals surface area contributed by atoms with Gasteiger partial charge in [-0.1, -0.05) is 114 Å². The molecule has 0 spiro atoms. The summed E-state index contributed by atoms with van der Waals surface area (Å²) in [5, 5.41) is 2.12. The van der Waals surface area contributed by atoms with Crippen molar-refractivity contribution in [3.8, 4) is 0 Å². The standard InChI is InChI=1S/C34H26Cl2N2O6S2/c35-24-16-17-26(25(36)19-24)46(42,43)27-20-45-33-29(37-28(39)18-21-10-4-1-5-11-21)32(40)38(33)30(27)34(41)44-31(22-12-6-2-7-13-22)23-14-8-3-9-15-23/h1-17,19,29,31,33H,18,20H2,(H,37,39). The number of nitrogens with zero attached hydrogens (tertiary/aromatic N) is 1. The predicted octanol–water partition coefficient (Wildman–Crippen LogP) is 5.95. The maximum Gasteiger partial charge on any atom is 0.357 e. The third-order valence-electron chi connectivity index (χ3n) is 7.59. The number of carbonyl (C=O) groups is 3. The van der Waals surface area contributed by atoms with Gasteiger partial charge in [-0.25, -0.2) is 13.2 Å². The Morgan fingerprint density at radius 2 is 1.48 bits per heavy atom. The summed E-state index contributed by atoms with van der Waals surface area (Å²) in [5.41, 5.74) is 1.65. The molecule has 8 nitrogen and oxygen atoms in total. The number of amides is 2. The van der Waals surface area contributed by atoms with Gasteiger partial charge in [0.05, 0.1) is 21.2 Å². The number of fused-ring (bicyclic) bond motifs is 1. The lowest BCUT2D eigenvalue weighted by atomic mass is 10.0. The SMILES string of the molecule is O=C(Cc1ccccc1)NC1C(=O)N2C(C(=O)OC(c3ccccc3)c3ccccc3)=C(S(=O)(=O)c3ccc(Cl)cc3Cl)CSC12. The smallest absolute Gasteiger partial charge is 0.357 e. The Balaban J connectivity index is 1.38. The topological polar surface area (TPSA) is 110 Å². The van der Waals surface area contributed by atoms with Gasteiger partial charge in [-0.3, -0.25) is 14.5 Å². The molecule has 12 heteroatoms. The molecule has 2 amide bonds. The van der Waals surface area contributed by atoms with Crippen LogP contribution in [0.4, 0.5) is 0 Å². The number of hydrogen-bond donors (Lipinski definition) is 1. The third kappa shape index (κ3) is 6.30. The van der Waals surface area contributed by atoms with E-state index in [4.69, 9.17) is 27.9 Å². The van der Waals surface area contributed by atoms with E-state index in [2.05, 4.69) is 5.32 Å². The Morgan fingerprint density at radius 3 is 2.07 bits per heavy atom. The van der Waals surface area contributed by atoms with Crippen LogP contribution in [-0.2, 0) is 35.4 Å². The zero-order valence-corrected chi connectivity index (χ0v) is 27.2. The van der Waals surface area contributed by atoms with E-state index in [-0.39, 0.29) is 37.9 Å². The lowest BCUT2D eigenvalue weighted by Crippen LogP contribution is -2.70. The molecule has 2 heterocycles. The summed E-state index contributed by atoms with van der Waals surface area (Å²) in [6.45, 7) is 0. The second-order valence-corrected chi connectivity index (χ2v) is 14.5. The van der Waals surface area contributed by atoms with E-state index < -0.39 is 44.9 Å². The quantitative estimate of drug-likeness (QED) is 0.170. The predicted molar refractivity (Wildman–Crippen MR) is 177 cm³/mol. The summed E-state index contributed by atoms with van der Waals surface area (Å²) in [5.74, 6) is -2.19. The van der Waals surface area contributed by atoms with Crippen molar-refractivity contribution in [2.75, 3.05) is 5.75 Å². The molecule has 0 bridgehead atoms. The van der Waals surface area contributed by atoms with Crippen LogP contribution in [0.25, 0.3) is 0 Å². The molecule has 2 unspecified atom stereocenters. The average Bonchev–Trinajstić information content (AvgIpc) is 3.06. The lowest BCUT2D eigenvalue weighted by molar-refractivity contribution is -0.154. The lowest BCUT2D eigenvalue weighted by Gasteiger charge is -2.49. The first kappa shape index (κ1) is 31.9. The van der Waals surface area contributed by atoms with Gasteiger partial charge in [0.15, 0.2) is 6.10 Å². The van der Waals surface area contributed by atoms with Gasteiger partial charge in [-0.2, -0.15) is 0 Å². The molecular formula is C34H26Cl2N2O6S2. The maximum absolute atomic E-state index is 14.2. The summed E-state index contributed by atoms with van der Waals surface area (Å²) in [6.07, 6.45) is -0.853. The number of thioether (sulfide) groups is 1. The van der Waals surface area contributed by atoms with E-state index in [0.717, 1.165) is 22.2 Å². The van der Waals surface area contributed by atoms with Gasteiger partial charge in [-0.05, 0) is 34.9 Å². The molecule has 2 atom stereocenters. The van der Waals surface area contributed by atoms with Crippen LogP contribution in [0.2, 0.25) is 10.0 Å². The highest BCUT2D eigenvalue weighted by Gasteiger charge is 2.56. The third-order valence-corrected chi connectivity index (χ3v) is 11.6. The monoisotopic (exact) mass is 692 g/mol. The number of halogens is 2.